The maximum absolute atomic E-state index is 12.8. The summed E-state index contributed by atoms with van der Waals surface area (Å²) < 4.78 is 1.55. The summed E-state index contributed by atoms with van der Waals surface area (Å²) >= 11 is 1.47. The molecule has 3 aromatic rings. The Kier molecular flexibility index (Phi) is 3.89. The highest BCUT2D eigenvalue weighted by Crippen LogP contribution is 2.22. The molecule has 7 nitrogen and oxygen atoms in total. The summed E-state index contributed by atoms with van der Waals surface area (Å²) in [5.41, 5.74) is 7.23. The molecule has 1 fully saturated rings. The van der Waals surface area contributed by atoms with Crippen LogP contribution in [0.15, 0.2) is 23.7 Å². The lowest BCUT2D eigenvalue weighted by molar-refractivity contribution is 0.0761. The van der Waals surface area contributed by atoms with Crippen LogP contribution in [0, 0.1) is 0 Å². The number of amides is 1. The number of fused-ring (bicyclic) bond motifs is 1. The second kappa shape index (κ2) is 6.20. The third-order valence-corrected chi connectivity index (χ3v) is 5.00. The van der Waals surface area contributed by atoms with Crippen molar-refractivity contribution in [3.8, 4) is 10.8 Å². The van der Waals surface area contributed by atoms with E-state index in [9.17, 15) is 4.79 Å². The van der Waals surface area contributed by atoms with Gasteiger partial charge in [-0.2, -0.15) is 4.52 Å². The van der Waals surface area contributed by atoms with E-state index in [1.54, 1.807) is 22.8 Å². The Balaban J connectivity index is 1.70. The molecular formula is C16H18N6OS. The Labute approximate surface area is 143 Å². The molecule has 0 unspecified atom stereocenters. The van der Waals surface area contributed by atoms with E-state index in [0.29, 0.717) is 22.9 Å². The maximum atomic E-state index is 12.8. The Morgan fingerprint density at radius 3 is 2.67 bits per heavy atom. The number of carbonyl (C=O) groups excluding carboxylic acids is 1. The number of hydrogen-bond donors (Lipinski definition) is 1. The van der Waals surface area contributed by atoms with Gasteiger partial charge < -0.3 is 10.6 Å². The molecular weight excluding hydrogens is 324 g/mol. The fourth-order valence-corrected chi connectivity index (χ4v) is 3.58. The van der Waals surface area contributed by atoms with E-state index in [0.717, 1.165) is 30.9 Å². The number of pyridine rings is 1. The van der Waals surface area contributed by atoms with Crippen LogP contribution < -0.4 is 5.73 Å². The van der Waals surface area contributed by atoms with E-state index in [1.807, 2.05) is 10.3 Å². The van der Waals surface area contributed by atoms with Crippen LogP contribution in [0.25, 0.3) is 16.5 Å². The standard InChI is InChI=1S/C16H18N6OS/c17-12-9-11(16(23)21-6-3-1-2-4-7-21)10-13-19-14(20-22(12)13)15-18-5-8-24-15/h5,8-10H,1-4,6-7,17H2. The number of aromatic nitrogens is 4. The summed E-state index contributed by atoms with van der Waals surface area (Å²) in [6.07, 6.45) is 6.20. The minimum Gasteiger partial charge on any atom is -0.384 e. The first-order chi connectivity index (χ1) is 11.7. The number of carbonyl (C=O) groups is 1. The summed E-state index contributed by atoms with van der Waals surface area (Å²) in [7, 11) is 0. The number of hydrogen-bond acceptors (Lipinski definition) is 6. The summed E-state index contributed by atoms with van der Waals surface area (Å²) in [4.78, 5) is 23.4. The Morgan fingerprint density at radius 1 is 1.17 bits per heavy atom. The topological polar surface area (TPSA) is 89.4 Å². The average Bonchev–Trinajstić information content (AvgIpc) is 3.18. The first-order valence-corrected chi connectivity index (χ1v) is 8.96. The Bertz CT molecular complexity index is 864. The van der Waals surface area contributed by atoms with Crippen molar-refractivity contribution < 1.29 is 4.79 Å². The van der Waals surface area contributed by atoms with Crippen molar-refractivity contribution in [2.75, 3.05) is 18.8 Å². The van der Waals surface area contributed by atoms with Crippen molar-refractivity contribution >= 4 is 28.7 Å². The lowest BCUT2D eigenvalue weighted by atomic mass is 10.2. The molecule has 0 radical (unpaired) electrons. The summed E-state index contributed by atoms with van der Waals surface area (Å²) in [5.74, 6) is 0.946. The lowest BCUT2D eigenvalue weighted by Crippen LogP contribution is -2.32. The van der Waals surface area contributed by atoms with Gasteiger partial charge in [0, 0.05) is 30.2 Å². The normalized spacial score (nSPS) is 15.6. The van der Waals surface area contributed by atoms with Gasteiger partial charge in [0.05, 0.1) is 0 Å². The van der Waals surface area contributed by atoms with Crippen LogP contribution in [0.5, 0.6) is 0 Å². The molecule has 1 saturated heterocycles. The van der Waals surface area contributed by atoms with E-state index >= 15 is 0 Å². The Morgan fingerprint density at radius 2 is 1.96 bits per heavy atom. The second-order valence-corrected chi connectivity index (χ2v) is 6.81. The fraction of sp³-hybridized carbons (Fsp3) is 0.375. The zero-order valence-corrected chi connectivity index (χ0v) is 14.0. The van der Waals surface area contributed by atoms with Crippen LogP contribution >= 0.6 is 11.3 Å². The molecule has 0 bridgehead atoms. The third-order valence-electron chi connectivity index (χ3n) is 4.23. The molecule has 0 saturated carbocycles. The van der Waals surface area contributed by atoms with Crippen LogP contribution in [0.1, 0.15) is 36.0 Å². The molecule has 1 aliphatic rings. The number of nitrogen functional groups attached to an aromatic ring is 1. The molecule has 24 heavy (non-hydrogen) atoms. The summed E-state index contributed by atoms with van der Waals surface area (Å²) in [5, 5.41) is 6.99. The first kappa shape index (κ1) is 15.1. The predicted molar refractivity (Wildman–Crippen MR) is 92.9 cm³/mol. The molecule has 124 valence electrons. The van der Waals surface area contributed by atoms with E-state index in [2.05, 4.69) is 15.1 Å². The van der Waals surface area contributed by atoms with Gasteiger partial charge in [-0.3, -0.25) is 4.79 Å². The third kappa shape index (κ3) is 2.73. The van der Waals surface area contributed by atoms with Crippen molar-refractivity contribution in [2.45, 2.75) is 25.7 Å². The molecule has 8 heteroatoms. The number of nitrogens with zero attached hydrogens (tertiary/aromatic N) is 5. The van der Waals surface area contributed by atoms with Gasteiger partial charge in [-0.1, -0.05) is 12.8 Å². The van der Waals surface area contributed by atoms with E-state index < -0.39 is 0 Å². The monoisotopic (exact) mass is 342 g/mol. The molecule has 0 aliphatic carbocycles. The summed E-state index contributed by atoms with van der Waals surface area (Å²) in [6.45, 7) is 1.61. The van der Waals surface area contributed by atoms with Crippen LogP contribution in [-0.4, -0.2) is 43.5 Å². The molecule has 2 N–H and O–H groups in total. The quantitative estimate of drug-likeness (QED) is 0.772. The SMILES string of the molecule is Nc1cc(C(=O)N2CCCCCC2)cc2nc(-c3nccs3)nn12. The van der Waals surface area contributed by atoms with Gasteiger partial charge in [0.2, 0.25) is 5.82 Å². The highest BCUT2D eigenvalue weighted by Gasteiger charge is 2.20. The summed E-state index contributed by atoms with van der Waals surface area (Å²) in [6, 6.07) is 3.44. The number of likely N-dealkylation sites (tertiary alicyclic amines) is 1. The highest BCUT2D eigenvalue weighted by atomic mass is 32.1. The van der Waals surface area contributed by atoms with Gasteiger partial charge in [0.1, 0.15) is 5.82 Å². The van der Waals surface area contributed by atoms with Crippen LogP contribution in [0.3, 0.4) is 0 Å². The van der Waals surface area contributed by atoms with Gasteiger partial charge in [-0.15, -0.1) is 16.4 Å². The second-order valence-electron chi connectivity index (χ2n) is 5.92. The van der Waals surface area contributed by atoms with Gasteiger partial charge in [0.25, 0.3) is 5.91 Å². The van der Waals surface area contributed by atoms with Crippen molar-refractivity contribution in [1.82, 2.24) is 24.5 Å². The van der Waals surface area contributed by atoms with Gasteiger partial charge in [-0.05, 0) is 25.0 Å². The van der Waals surface area contributed by atoms with Crippen molar-refractivity contribution in [2.24, 2.45) is 0 Å². The van der Waals surface area contributed by atoms with Crippen molar-refractivity contribution in [3.63, 3.8) is 0 Å². The van der Waals surface area contributed by atoms with Gasteiger partial charge >= 0.3 is 0 Å². The van der Waals surface area contributed by atoms with E-state index in [1.165, 1.54) is 24.2 Å². The fourth-order valence-electron chi connectivity index (χ4n) is 3.01. The minimum atomic E-state index is 0.0184. The maximum Gasteiger partial charge on any atom is 0.254 e. The molecule has 1 aliphatic heterocycles. The van der Waals surface area contributed by atoms with Crippen LogP contribution in [0.2, 0.25) is 0 Å². The van der Waals surface area contributed by atoms with Crippen molar-refractivity contribution in [1.29, 1.82) is 0 Å². The Hall–Kier alpha value is -2.48. The van der Waals surface area contributed by atoms with E-state index in [4.69, 9.17) is 5.73 Å². The number of nitrogens with two attached hydrogens (primary N) is 1. The highest BCUT2D eigenvalue weighted by molar-refractivity contribution is 7.13. The minimum absolute atomic E-state index is 0.0184. The molecule has 0 aromatic carbocycles. The molecule has 0 spiro atoms. The van der Waals surface area contributed by atoms with Crippen LogP contribution in [0.4, 0.5) is 5.82 Å². The molecule has 3 aromatic heterocycles. The average molecular weight is 342 g/mol. The van der Waals surface area contributed by atoms with Crippen LogP contribution in [-0.2, 0) is 0 Å². The number of anilines is 1. The zero-order valence-electron chi connectivity index (χ0n) is 13.2. The first-order valence-electron chi connectivity index (χ1n) is 8.08. The molecule has 4 heterocycles. The van der Waals surface area contributed by atoms with Crippen molar-refractivity contribution in [3.05, 3.63) is 29.3 Å². The van der Waals surface area contributed by atoms with E-state index in [-0.39, 0.29) is 5.91 Å². The largest absolute Gasteiger partial charge is 0.384 e. The lowest BCUT2D eigenvalue weighted by Gasteiger charge is -2.20. The van der Waals surface area contributed by atoms with Gasteiger partial charge in [0.15, 0.2) is 10.7 Å². The molecule has 0 atom stereocenters. The molecule has 4 rings (SSSR count). The predicted octanol–water partition coefficient (Wildman–Crippen LogP) is 2.45. The smallest absolute Gasteiger partial charge is 0.254 e. The zero-order chi connectivity index (χ0) is 16.5. The number of rotatable bonds is 2. The van der Waals surface area contributed by atoms with Gasteiger partial charge in [-0.25, -0.2) is 9.97 Å². The molecule has 1 amide bonds. The number of thiazole rings is 1.